The zero-order valence-corrected chi connectivity index (χ0v) is 13.9. The van der Waals surface area contributed by atoms with E-state index in [9.17, 15) is 9.59 Å². The van der Waals surface area contributed by atoms with Crippen molar-refractivity contribution in [1.82, 2.24) is 9.55 Å². The van der Waals surface area contributed by atoms with E-state index >= 15 is 0 Å². The van der Waals surface area contributed by atoms with Gasteiger partial charge in [-0.3, -0.25) is 9.36 Å². The van der Waals surface area contributed by atoms with Crippen LogP contribution in [0.15, 0.2) is 47.4 Å². The first-order valence-corrected chi connectivity index (χ1v) is 7.69. The summed E-state index contributed by atoms with van der Waals surface area (Å²) in [5.41, 5.74) is 3.94. The molecule has 0 fully saturated rings. The Morgan fingerprint density at radius 2 is 1.92 bits per heavy atom. The van der Waals surface area contributed by atoms with Gasteiger partial charge in [-0.1, -0.05) is 18.2 Å². The number of hydrogen-bond acceptors (Lipinski definition) is 4. The maximum Gasteiger partial charge on any atom is 0.331 e. The molecule has 0 unspecified atom stereocenters. The second-order valence-corrected chi connectivity index (χ2v) is 5.85. The Balaban J connectivity index is 1.92. The minimum absolute atomic E-state index is 0.158. The number of aromatic nitrogens is 2. The van der Waals surface area contributed by atoms with Crippen molar-refractivity contribution < 1.29 is 9.53 Å². The van der Waals surface area contributed by atoms with Crippen LogP contribution < -0.4 is 10.3 Å². The summed E-state index contributed by atoms with van der Waals surface area (Å²) in [4.78, 5) is 28.5. The van der Waals surface area contributed by atoms with Gasteiger partial charge in [0.1, 0.15) is 12.3 Å². The van der Waals surface area contributed by atoms with E-state index in [1.165, 1.54) is 10.8 Å². The van der Waals surface area contributed by atoms with Crippen molar-refractivity contribution in [2.75, 3.05) is 0 Å². The van der Waals surface area contributed by atoms with Crippen LogP contribution in [0.1, 0.15) is 16.7 Å². The molecule has 0 saturated heterocycles. The molecule has 0 radical (unpaired) electrons. The van der Waals surface area contributed by atoms with Crippen molar-refractivity contribution in [3.05, 3.63) is 69.6 Å². The minimum Gasteiger partial charge on any atom is -0.425 e. The molecule has 2 aromatic carbocycles. The Morgan fingerprint density at radius 1 is 1.17 bits per heavy atom. The maximum absolute atomic E-state index is 12.4. The van der Waals surface area contributed by atoms with Gasteiger partial charge in [-0.2, -0.15) is 0 Å². The first kappa shape index (κ1) is 15.9. The number of carbonyl (C=O) groups is 1. The lowest BCUT2D eigenvalue weighted by molar-refractivity contribution is -0.135. The molecule has 5 heteroatoms. The lowest BCUT2D eigenvalue weighted by Gasteiger charge is -2.12. The highest BCUT2D eigenvalue weighted by Gasteiger charge is 2.13. The van der Waals surface area contributed by atoms with Gasteiger partial charge in [0.05, 0.1) is 17.2 Å². The molecule has 1 aromatic heterocycles. The van der Waals surface area contributed by atoms with Crippen LogP contribution in [0.3, 0.4) is 0 Å². The fourth-order valence-electron chi connectivity index (χ4n) is 2.67. The average molecular weight is 322 g/mol. The van der Waals surface area contributed by atoms with Gasteiger partial charge in [0, 0.05) is 0 Å². The standard InChI is InChI=1S/C19H18N2O3/c1-12-8-13(2)14(3)17(9-12)24-19(23)11-21-16-7-5-4-6-15(16)20-10-18(21)22/h4-10H,11H2,1-3H3. The van der Waals surface area contributed by atoms with Crippen molar-refractivity contribution >= 4 is 17.0 Å². The van der Waals surface area contributed by atoms with Gasteiger partial charge in [0.15, 0.2) is 0 Å². The van der Waals surface area contributed by atoms with E-state index in [4.69, 9.17) is 4.74 Å². The van der Waals surface area contributed by atoms with Crippen molar-refractivity contribution in [1.29, 1.82) is 0 Å². The van der Waals surface area contributed by atoms with Crippen LogP contribution in [0, 0.1) is 20.8 Å². The molecule has 1 heterocycles. The van der Waals surface area contributed by atoms with Crippen LogP contribution in [0.25, 0.3) is 11.0 Å². The lowest BCUT2D eigenvalue weighted by Crippen LogP contribution is -2.27. The van der Waals surface area contributed by atoms with Crippen molar-refractivity contribution in [3.8, 4) is 5.75 Å². The Labute approximate surface area is 139 Å². The molecule has 5 nitrogen and oxygen atoms in total. The largest absolute Gasteiger partial charge is 0.425 e. The fraction of sp³-hybridized carbons (Fsp3) is 0.211. The third-order valence-electron chi connectivity index (χ3n) is 4.03. The highest BCUT2D eigenvalue weighted by atomic mass is 16.5. The summed E-state index contributed by atoms with van der Waals surface area (Å²) in [6.07, 6.45) is 1.22. The molecule has 3 rings (SSSR count). The molecule has 122 valence electrons. The van der Waals surface area contributed by atoms with Crippen LogP contribution in [-0.2, 0) is 11.3 Å². The summed E-state index contributed by atoms with van der Waals surface area (Å²) in [6, 6.07) is 11.1. The Hall–Kier alpha value is -2.95. The van der Waals surface area contributed by atoms with Gasteiger partial charge in [-0.25, -0.2) is 9.78 Å². The molecular weight excluding hydrogens is 304 g/mol. The summed E-state index contributed by atoms with van der Waals surface area (Å²) in [5.74, 6) is 0.0467. The van der Waals surface area contributed by atoms with E-state index in [2.05, 4.69) is 4.98 Å². The third-order valence-corrected chi connectivity index (χ3v) is 4.03. The van der Waals surface area contributed by atoms with Crippen LogP contribution in [-0.4, -0.2) is 15.5 Å². The van der Waals surface area contributed by atoms with Gasteiger partial charge in [-0.15, -0.1) is 0 Å². The smallest absolute Gasteiger partial charge is 0.331 e. The molecule has 0 atom stereocenters. The molecule has 0 saturated carbocycles. The number of benzene rings is 2. The second kappa shape index (κ2) is 6.28. The second-order valence-electron chi connectivity index (χ2n) is 5.85. The number of fused-ring (bicyclic) bond motifs is 1. The summed E-state index contributed by atoms with van der Waals surface area (Å²) in [5, 5.41) is 0. The molecule has 0 N–H and O–H groups in total. The third kappa shape index (κ3) is 3.06. The summed E-state index contributed by atoms with van der Waals surface area (Å²) in [6.45, 7) is 5.67. The first-order valence-electron chi connectivity index (χ1n) is 7.69. The number of aryl methyl sites for hydroxylation is 2. The van der Waals surface area contributed by atoms with E-state index in [0.29, 0.717) is 16.8 Å². The molecule has 3 aromatic rings. The molecule has 0 bridgehead atoms. The van der Waals surface area contributed by atoms with Crippen LogP contribution in [0.5, 0.6) is 5.75 Å². The summed E-state index contributed by atoms with van der Waals surface area (Å²) >= 11 is 0. The topological polar surface area (TPSA) is 61.2 Å². The van der Waals surface area contributed by atoms with Gasteiger partial charge in [-0.05, 0) is 55.7 Å². The number of hydrogen-bond donors (Lipinski definition) is 0. The Morgan fingerprint density at radius 3 is 2.71 bits per heavy atom. The number of ether oxygens (including phenoxy) is 1. The summed E-state index contributed by atoms with van der Waals surface area (Å²) < 4.78 is 6.87. The molecule has 0 aliphatic carbocycles. The Kier molecular flexibility index (Phi) is 4.16. The zero-order chi connectivity index (χ0) is 17.3. The van der Waals surface area contributed by atoms with E-state index in [0.717, 1.165) is 16.7 Å². The van der Waals surface area contributed by atoms with Crippen molar-refractivity contribution in [3.63, 3.8) is 0 Å². The van der Waals surface area contributed by atoms with E-state index in [1.807, 2.05) is 39.0 Å². The van der Waals surface area contributed by atoms with E-state index in [1.54, 1.807) is 18.2 Å². The van der Waals surface area contributed by atoms with Gasteiger partial charge < -0.3 is 4.74 Å². The molecule has 0 amide bonds. The average Bonchev–Trinajstić information content (AvgIpc) is 2.55. The van der Waals surface area contributed by atoms with Gasteiger partial charge in [0.2, 0.25) is 0 Å². The van der Waals surface area contributed by atoms with E-state index in [-0.39, 0.29) is 12.1 Å². The molecule has 0 aliphatic heterocycles. The van der Waals surface area contributed by atoms with Crippen LogP contribution in [0.2, 0.25) is 0 Å². The predicted octanol–water partition coefficient (Wildman–Crippen LogP) is 2.93. The lowest BCUT2D eigenvalue weighted by atomic mass is 10.1. The molecular formula is C19H18N2O3. The van der Waals surface area contributed by atoms with Gasteiger partial charge >= 0.3 is 5.97 Å². The Bertz CT molecular complexity index is 990. The number of esters is 1. The van der Waals surface area contributed by atoms with Crippen LogP contribution >= 0.6 is 0 Å². The van der Waals surface area contributed by atoms with Crippen molar-refractivity contribution in [2.45, 2.75) is 27.3 Å². The first-order chi connectivity index (χ1) is 11.5. The van der Waals surface area contributed by atoms with Gasteiger partial charge in [0.25, 0.3) is 5.56 Å². The SMILES string of the molecule is Cc1cc(C)c(C)c(OC(=O)Cn2c(=O)cnc3ccccc32)c1. The summed E-state index contributed by atoms with van der Waals surface area (Å²) in [7, 11) is 0. The zero-order valence-electron chi connectivity index (χ0n) is 13.9. The normalized spacial score (nSPS) is 10.8. The molecule has 0 aliphatic rings. The number of carbonyl (C=O) groups excluding carboxylic acids is 1. The maximum atomic E-state index is 12.4. The van der Waals surface area contributed by atoms with E-state index < -0.39 is 5.97 Å². The molecule has 24 heavy (non-hydrogen) atoms. The minimum atomic E-state index is -0.485. The quantitative estimate of drug-likeness (QED) is 0.549. The monoisotopic (exact) mass is 322 g/mol. The number of nitrogens with zero attached hydrogens (tertiary/aromatic N) is 2. The highest BCUT2D eigenvalue weighted by Crippen LogP contribution is 2.23. The highest BCUT2D eigenvalue weighted by molar-refractivity contribution is 5.78. The molecule has 0 spiro atoms. The predicted molar refractivity (Wildman–Crippen MR) is 92.3 cm³/mol. The number of rotatable bonds is 3. The van der Waals surface area contributed by atoms with Crippen LogP contribution in [0.4, 0.5) is 0 Å². The number of para-hydroxylation sites is 2. The van der Waals surface area contributed by atoms with Crippen molar-refractivity contribution in [2.24, 2.45) is 0 Å². The fourth-order valence-corrected chi connectivity index (χ4v) is 2.67.